The summed E-state index contributed by atoms with van der Waals surface area (Å²) in [4.78, 5) is 11.6. The monoisotopic (exact) mass is 364 g/mol. The molecule has 0 aliphatic heterocycles. The zero-order chi connectivity index (χ0) is 19.2. The number of carbonyl (C=O) groups is 1. The Hall–Kier alpha value is -3.47. The van der Waals surface area contributed by atoms with Crippen molar-refractivity contribution in [1.29, 1.82) is 0 Å². The maximum atomic E-state index is 11.6. The van der Waals surface area contributed by atoms with Crippen LogP contribution in [0, 0.1) is 0 Å². The van der Waals surface area contributed by atoms with Crippen LogP contribution in [0.25, 0.3) is 11.1 Å². The molecule has 0 aliphatic carbocycles. The number of carboxylic acid groups (broad SMARTS) is 1. The second kappa shape index (κ2) is 8.27. The zero-order valence-corrected chi connectivity index (χ0v) is 15.1. The second-order valence-corrected chi connectivity index (χ2v) is 5.83. The first kappa shape index (κ1) is 18.3. The van der Waals surface area contributed by atoms with E-state index in [1.807, 2.05) is 48.5 Å². The molecular formula is C22H20O5. The van der Waals surface area contributed by atoms with Crippen LogP contribution in [0.1, 0.15) is 15.9 Å². The van der Waals surface area contributed by atoms with E-state index in [0.717, 1.165) is 16.7 Å². The van der Waals surface area contributed by atoms with Crippen LogP contribution in [0.3, 0.4) is 0 Å². The Morgan fingerprint density at radius 1 is 0.852 bits per heavy atom. The smallest absolute Gasteiger partial charge is 0.339 e. The minimum atomic E-state index is -1.04. The Labute approximate surface area is 157 Å². The van der Waals surface area contributed by atoms with Gasteiger partial charge in [-0.15, -0.1) is 0 Å². The summed E-state index contributed by atoms with van der Waals surface area (Å²) in [5.41, 5.74) is 2.54. The van der Waals surface area contributed by atoms with Gasteiger partial charge < -0.3 is 19.3 Å². The van der Waals surface area contributed by atoms with Crippen LogP contribution in [0.2, 0.25) is 0 Å². The number of carboxylic acids is 1. The van der Waals surface area contributed by atoms with Crippen LogP contribution in [-0.2, 0) is 6.61 Å². The maximum absolute atomic E-state index is 11.6. The van der Waals surface area contributed by atoms with Crippen molar-refractivity contribution in [3.05, 3.63) is 77.9 Å². The molecular weight excluding hydrogens is 344 g/mol. The van der Waals surface area contributed by atoms with E-state index >= 15 is 0 Å². The van der Waals surface area contributed by atoms with E-state index in [2.05, 4.69) is 0 Å². The second-order valence-electron chi connectivity index (χ2n) is 5.83. The van der Waals surface area contributed by atoms with Gasteiger partial charge in [0, 0.05) is 0 Å². The number of hydrogen-bond donors (Lipinski definition) is 1. The summed E-state index contributed by atoms with van der Waals surface area (Å²) in [6.45, 7) is 0.271. The highest BCUT2D eigenvalue weighted by molar-refractivity contribution is 5.92. The highest BCUT2D eigenvalue weighted by atomic mass is 16.5. The van der Waals surface area contributed by atoms with Crippen LogP contribution < -0.4 is 14.2 Å². The number of rotatable bonds is 7. The van der Waals surface area contributed by atoms with Crippen molar-refractivity contribution in [3.63, 3.8) is 0 Å². The largest absolute Gasteiger partial charge is 0.496 e. The van der Waals surface area contributed by atoms with Gasteiger partial charge in [-0.05, 0) is 35.4 Å². The zero-order valence-electron chi connectivity index (χ0n) is 15.1. The molecule has 0 aliphatic rings. The number of ether oxygens (including phenoxy) is 3. The van der Waals surface area contributed by atoms with Crippen molar-refractivity contribution >= 4 is 5.97 Å². The molecule has 0 spiro atoms. The lowest BCUT2D eigenvalue weighted by Crippen LogP contribution is -2.04. The quantitative estimate of drug-likeness (QED) is 0.661. The number of methoxy groups -OCH3 is 2. The van der Waals surface area contributed by atoms with Crippen LogP contribution in [0.5, 0.6) is 17.2 Å². The molecule has 0 unspecified atom stereocenters. The molecule has 1 N–H and O–H groups in total. The molecule has 27 heavy (non-hydrogen) atoms. The molecule has 0 fully saturated rings. The van der Waals surface area contributed by atoms with Gasteiger partial charge in [0.1, 0.15) is 29.4 Å². The van der Waals surface area contributed by atoms with Gasteiger partial charge in [-0.1, -0.05) is 42.5 Å². The molecule has 0 atom stereocenters. The highest BCUT2D eigenvalue weighted by Crippen LogP contribution is 2.40. The van der Waals surface area contributed by atoms with E-state index < -0.39 is 5.97 Å². The first-order chi connectivity index (χ1) is 13.1. The van der Waals surface area contributed by atoms with Crippen molar-refractivity contribution in [1.82, 2.24) is 0 Å². The molecule has 3 aromatic carbocycles. The Kier molecular flexibility index (Phi) is 5.61. The lowest BCUT2D eigenvalue weighted by molar-refractivity contribution is 0.0692. The average Bonchev–Trinajstić information content (AvgIpc) is 2.72. The maximum Gasteiger partial charge on any atom is 0.339 e. The number of benzene rings is 3. The molecule has 138 valence electrons. The fourth-order valence-corrected chi connectivity index (χ4v) is 2.84. The van der Waals surface area contributed by atoms with E-state index in [1.54, 1.807) is 26.4 Å². The Morgan fingerprint density at radius 2 is 1.52 bits per heavy atom. The van der Waals surface area contributed by atoms with Crippen molar-refractivity contribution in [2.45, 2.75) is 6.61 Å². The van der Waals surface area contributed by atoms with E-state index in [4.69, 9.17) is 14.2 Å². The summed E-state index contributed by atoms with van der Waals surface area (Å²) in [7, 11) is 3.16. The van der Waals surface area contributed by atoms with Crippen LogP contribution in [0.15, 0.2) is 66.7 Å². The van der Waals surface area contributed by atoms with Gasteiger partial charge in [0.25, 0.3) is 0 Å². The van der Waals surface area contributed by atoms with E-state index in [1.165, 1.54) is 6.07 Å². The third-order valence-corrected chi connectivity index (χ3v) is 4.17. The van der Waals surface area contributed by atoms with Gasteiger partial charge in [-0.25, -0.2) is 4.79 Å². The Balaban J connectivity index is 2.03. The van der Waals surface area contributed by atoms with E-state index in [0.29, 0.717) is 11.5 Å². The third kappa shape index (κ3) is 4.03. The summed E-state index contributed by atoms with van der Waals surface area (Å²) in [5, 5.41) is 9.50. The minimum Gasteiger partial charge on any atom is -0.496 e. The van der Waals surface area contributed by atoms with Crippen LogP contribution >= 0.6 is 0 Å². The predicted molar refractivity (Wildman–Crippen MR) is 103 cm³/mol. The first-order valence-electron chi connectivity index (χ1n) is 8.39. The molecule has 3 rings (SSSR count). The van der Waals surface area contributed by atoms with Crippen LogP contribution in [0.4, 0.5) is 0 Å². The molecule has 0 heterocycles. The molecule has 0 bridgehead atoms. The summed E-state index contributed by atoms with van der Waals surface area (Å²) in [6.07, 6.45) is 0. The number of aromatic carboxylic acids is 1. The standard InChI is InChI=1S/C22H20O5/c1-25-18-9-6-10-19(26-2)21(18)16-11-12-17(22(23)24)20(13-16)27-14-15-7-4-3-5-8-15/h3-13H,14H2,1-2H3,(H,23,24). The van der Waals surface area contributed by atoms with Crippen molar-refractivity contribution < 1.29 is 24.1 Å². The van der Waals surface area contributed by atoms with Gasteiger partial charge in [0.15, 0.2) is 0 Å². The Morgan fingerprint density at radius 3 is 2.11 bits per heavy atom. The molecule has 0 amide bonds. The van der Waals surface area contributed by atoms with Crippen molar-refractivity contribution in [3.8, 4) is 28.4 Å². The van der Waals surface area contributed by atoms with Crippen molar-refractivity contribution in [2.24, 2.45) is 0 Å². The first-order valence-corrected chi connectivity index (χ1v) is 8.39. The lowest BCUT2D eigenvalue weighted by Gasteiger charge is -2.15. The van der Waals surface area contributed by atoms with Gasteiger partial charge in [-0.3, -0.25) is 0 Å². The fraction of sp³-hybridized carbons (Fsp3) is 0.136. The molecule has 0 radical (unpaired) electrons. The summed E-state index contributed by atoms with van der Waals surface area (Å²) < 4.78 is 16.7. The minimum absolute atomic E-state index is 0.101. The molecule has 0 saturated heterocycles. The molecule has 0 aromatic heterocycles. The van der Waals surface area contributed by atoms with Gasteiger partial charge in [-0.2, -0.15) is 0 Å². The SMILES string of the molecule is COc1cccc(OC)c1-c1ccc(C(=O)O)c(OCc2ccccc2)c1. The van der Waals surface area contributed by atoms with Crippen LogP contribution in [-0.4, -0.2) is 25.3 Å². The topological polar surface area (TPSA) is 65.0 Å². The molecule has 5 heteroatoms. The van der Waals surface area contributed by atoms with E-state index in [9.17, 15) is 9.90 Å². The molecule has 3 aromatic rings. The van der Waals surface area contributed by atoms with Gasteiger partial charge in [0.2, 0.25) is 0 Å². The summed E-state index contributed by atoms with van der Waals surface area (Å²) in [6, 6.07) is 20.0. The number of hydrogen-bond acceptors (Lipinski definition) is 4. The lowest BCUT2D eigenvalue weighted by atomic mass is 10.0. The average molecular weight is 364 g/mol. The van der Waals surface area contributed by atoms with Crippen molar-refractivity contribution in [2.75, 3.05) is 14.2 Å². The summed E-state index contributed by atoms with van der Waals surface area (Å²) in [5.74, 6) is 0.506. The highest BCUT2D eigenvalue weighted by Gasteiger charge is 2.17. The predicted octanol–water partition coefficient (Wildman–Crippen LogP) is 4.65. The molecule has 5 nitrogen and oxygen atoms in total. The fourth-order valence-electron chi connectivity index (χ4n) is 2.84. The third-order valence-electron chi connectivity index (χ3n) is 4.17. The molecule has 0 saturated carbocycles. The van der Waals surface area contributed by atoms with Gasteiger partial charge >= 0.3 is 5.97 Å². The van der Waals surface area contributed by atoms with Gasteiger partial charge in [0.05, 0.1) is 19.8 Å². The summed E-state index contributed by atoms with van der Waals surface area (Å²) >= 11 is 0. The van der Waals surface area contributed by atoms with E-state index in [-0.39, 0.29) is 17.9 Å². The Bertz CT molecular complexity index is 912. The normalized spacial score (nSPS) is 10.3.